The Morgan fingerprint density at radius 1 is 1.04 bits per heavy atom. The van der Waals surface area contributed by atoms with Gasteiger partial charge in [0.25, 0.3) is 10.0 Å². The van der Waals surface area contributed by atoms with Crippen LogP contribution in [-0.4, -0.2) is 23.6 Å². The van der Waals surface area contributed by atoms with Gasteiger partial charge in [0.15, 0.2) is 0 Å². The summed E-state index contributed by atoms with van der Waals surface area (Å²) in [4.78, 5) is 11.8. The first kappa shape index (κ1) is 15.8. The Labute approximate surface area is 142 Å². The first-order chi connectivity index (χ1) is 11.0. The second-order valence-electron chi connectivity index (χ2n) is 4.85. The van der Waals surface area contributed by atoms with Crippen LogP contribution in [0.5, 0.6) is 0 Å². The van der Waals surface area contributed by atoms with Crippen molar-refractivity contribution in [1.29, 1.82) is 0 Å². The number of carbonyl (C=O) groups excluding carboxylic acids is 1. The summed E-state index contributed by atoms with van der Waals surface area (Å²) in [7, 11) is -3.68. The third kappa shape index (κ3) is 2.89. The molecule has 0 aliphatic carbocycles. The van der Waals surface area contributed by atoms with Gasteiger partial charge in [0.05, 0.1) is 21.4 Å². The minimum absolute atomic E-state index is 0.173. The number of nitrogens with one attached hydrogen (secondary N) is 1. The fraction of sp³-hybridized carbons (Fsp3) is 0.0625. The Morgan fingerprint density at radius 2 is 1.78 bits per heavy atom. The molecule has 1 aromatic heterocycles. The highest BCUT2D eigenvalue weighted by atomic mass is 79.9. The van der Waals surface area contributed by atoms with Crippen molar-refractivity contribution in [3.63, 3.8) is 0 Å². The number of rotatable bonds is 4. The SMILES string of the molecule is O=C(CBr)Nc1cccc2c1ccn2S(=O)(=O)c1ccccc1. The van der Waals surface area contributed by atoms with E-state index in [1.807, 2.05) is 0 Å². The van der Waals surface area contributed by atoms with Crippen LogP contribution in [0.4, 0.5) is 5.69 Å². The summed E-state index contributed by atoms with van der Waals surface area (Å²) in [5, 5.41) is 3.59. The highest BCUT2D eigenvalue weighted by molar-refractivity contribution is 9.09. The standard InChI is InChI=1S/C16H13BrN2O3S/c17-11-16(20)18-14-7-4-8-15-13(14)9-10-19(15)23(21,22)12-5-2-1-3-6-12/h1-10H,11H2,(H,18,20). The van der Waals surface area contributed by atoms with E-state index in [9.17, 15) is 13.2 Å². The van der Waals surface area contributed by atoms with E-state index < -0.39 is 10.0 Å². The fourth-order valence-electron chi connectivity index (χ4n) is 2.35. The molecule has 0 spiro atoms. The number of aromatic nitrogens is 1. The lowest BCUT2D eigenvalue weighted by atomic mass is 10.2. The third-order valence-corrected chi connectivity index (χ3v) is 5.61. The minimum atomic E-state index is -3.68. The van der Waals surface area contributed by atoms with Crippen molar-refractivity contribution in [1.82, 2.24) is 3.97 Å². The molecule has 1 amide bonds. The van der Waals surface area contributed by atoms with Crippen LogP contribution < -0.4 is 5.32 Å². The number of fused-ring (bicyclic) bond motifs is 1. The van der Waals surface area contributed by atoms with Crippen LogP contribution >= 0.6 is 15.9 Å². The van der Waals surface area contributed by atoms with Crippen LogP contribution in [-0.2, 0) is 14.8 Å². The smallest absolute Gasteiger partial charge is 0.268 e. The molecule has 0 radical (unpaired) electrons. The van der Waals surface area contributed by atoms with E-state index in [2.05, 4.69) is 21.2 Å². The zero-order chi connectivity index (χ0) is 16.4. The molecule has 5 nitrogen and oxygen atoms in total. The Balaban J connectivity index is 2.14. The van der Waals surface area contributed by atoms with Crippen molar-refractivity contribution in [3.05, 3.63) is 60.8 Å². The van der Waals surface area contributed by atoms with Gasteiger partial charge in [-0.15, -0.1) is 0 Å². The number of nitrogens with zero attached hydrogens (tertiary/aromatic N) is 1. The largest absolute Gasteiger partial charge is 0.325 e. The number of anilines is 1. The summed E-state index contributed by atoms with van der Waals surface area (Å²) in [6.07, 6.45) is 1.50. The highest BCUT2D eigenvalue weighted by Gasteiger charge is 2.19. The Kier molecular flexibility index (Phi) is 4.23. The molecule has 0 aliphatic rings. The van der Waals surface area contributed by atoms with Crippen LogP contribution in [0.25, 0.3) is 10.9 Å². The van der Waals surface area contributed by atoms with Crippen LogP contribution in [0.3, 0.4) is 0 Å². The van der Waals surface area contributed by atoms with Crippen molar-refractivity contribution in [2.24, 2.45) is 0 Å². The number of alkyl halides is 1. The molecule has 3 aromatic rings. The predicted molar refractivity (Wildman–Crippen MR) is 93.4 cm³/mol. The monoisotopic (exact) mass is 392 g/mol. The first-order valence-electron chi connectivity index (χ1n) is 6.80. The molecular weight excluding hydrogens is 380 g/mol. The van der Waals surface area contributed by atoms with E-state index in [1.54, 1.807) is 54.6 Å². The molecule has 7 heteroatoms. The molecule has 0 fully saturated rings. The molecule has 0 bridgehead atoms. The lowest BCUT2D eigenvalue weighted by Crippen LogP contribution is -2.13. The molecule has 3 rings (SSSR count). The van der Waals surface area contributed by atoms with Crippen LogP contribution in [0, 0.1) is 0 Å². The molecule has 0 saturated carbocycles. The number of hydrogen-bond acceptors (Lipinski definition) is 3. The van der Waals surface area contributed by atoms with E-state index in [0.717, 1.165) is 0 Å². The summed E-state index contributed by atoms with van der Waals surface area (Å²) in [5.41, 5.74) is 1.09. The Bertz CT molecular complexity index is 965. The van der Waals surface area contributed by atoms with E-state index in [1.165, 1.54) is 10.2 Å². The van der Waals surface area contributed by atoms with Crippen LogP contribution in [0.1, 0.15) is 0 Å². The summed E-state index contributed by atoms with van der Waals surface area (Å²) >= 11 is 3.09. The van der Waals surface area contributed by atoms with E-state index >= 15 is 0 Å². The molecule has 23 heavy (non-hydrogen) atoms. The number of amides is 1. The highest BCUT2D eigenvalue weighted by Crippen LogP contribution is 2.27. The number of carbonyl (C=O) groups is 1. The second kappa shape index (κ2) is 6.17. The quantitative estimate of drug-likeness (QED) is 0.693. The number of benzene rings is 2. The van der Waals surface area contributed by atoms with Gasteiger partial charge in [-0.05, 0) is 30.3 Å². The lowest BCUT2D eigenvalue weighted by molar-refractivity contribution is -0.113. The van der Waals surface area contributed by atoms with Gasteiger partial charge in [-0.1, -0.05) is 40.2 Å². The Hall–Kier alpha value is -2.12. The zero-order valence-electron chi connectivity index (χ0n) is 11.9. The molecular formula is C16H13BrN2O3S. The normalized spacial score (nSPS) is 11.5. The zero-order valence-corrected chi connectivity index (χ0v) is 14.3. The maximum atomic E-state index is 12.8. The van der Waals surface area contributed by atoms with Crippen LogP contribution in [0.2, 0.25) is 0 Å². The molecule has 0 unspecified atom stereocenters. The molecule has 0 aliphatic heterocycles. The van der Waals surface area contributed by atoms with Crippen molar-refractivity contribution < 1.29 is 13.2 Å². The van der Waals surface area contributed by atoms with Crippen LogP contribution in [0.15, 0.2) is 65.7 Å². The third-order valence-electron chi connectivity index (χ3n) is 3.39. The predicted octanol–water partition coefficient (Wildman–Crippen LogP) is 3.21. The van der Waals surface area contributed by atoms with Gasteiger partial charge in [0.2, 0.25) is 5.91 Å². The van der Waals surface area contributed by atoms with Crippen molar-refractivity contribution >= 4 is 48.5 Å². The topological polar surface area (TPSA) is 68.2 Å². The van der Waals surface area contributed by atoms with E-state index in [-0.39, 0.29) is 16.1 Å². The lowest BCUT2D eigenvalue weighted by Gasteiger charge is -2.09. The Morgan fingerprint density at radius 3 is 2.48 bits per heavy atom. The van der Waals surface area contributed by atoms with Gasteiger partial charge in [-0.25, -0.2) is 12.4 Å². The molecule has 118 valence electrons. The van der Waals surface area contributed by atoms with E-state index in [0.29, 0.717) is 16.6 Å². The van der Waals surface area contributed by atoms with Gasteiger partial charge < -0.3 is 5.32 Å². The number of halogens is 1. The molecule has 1 N–H and O–H groups in total. The van der Waals surface area contributed by atoms with Crippen molar-refractivity contribution in [2.75, 3.05) is 10.6 Å². The average Bonchev–Trinajstić information content (AvgIpc) is 3.01. The summed E-state index contributed by atoms with van der Waals surface area (Å²) in [5.74, 6) is -0.198. The first-order valence-corrected chi connectivity index (χ1v) is 9.37. The summed E-state index contributed by atoms with van der Waals surface area (Å²) < 4.78 is 26.8. The van der Waals surface area contributed by atoms with Crippen molar-refractivity contribution in [2.45, 2.75) is 4.90 Å². The molecule has 0 saturated heterocycles. The average molecular weight is 393 g/mol. The van der Waals surface area contributed by atoms with Gasteiger partial charge in [-0.3, -0.25) is 4.79 Å². The van der Waals surface area contributed by atoms with Gasteiger partial charge >= 0.3 is 0 Å². The summed E-state index contributed by atoms with van der Waals surface area (Å²) in [6.45, 7) is 0. The molecule has 1 heterocycles. The molecule has 2 aromatic carbocycles. The summed E-state index contributed by atoms with van der Waals surface area (Å²) in [6, 6.07) is 15.1. The van der Waals surface area contributed by atoms with Gasteiger partial charge in [0, 0.05) is 11.6 Å². The maximum Gasteiger partial charge on any atom is 0.268 e. The minimum Gasteiger partial charge on any atom is -0.325 e. The fourth-order valence-corrected chi connectivity index (χ4v) is 3.86. The second-order valence-corrected chi connectivity index (χ2v) is 7.23. The van der Waals surface area contributed by atoms with Crippen molar-refractivity contribution in [3.8, 4) is 0 Å². The maximum absolute atomic E-state index is 12.8. The number of hydrogen-bond donors (Lipinski definition) is 1. The molecule has 0 atom stereocenters. The van der Waals surface area contributed by atoms with Gasteiger partial charge in [-0.2, -0.15) is 0 Å². The van der Waals surface area contributed by atoms with E-state index in [4.69, 9.17) is 0 Å². The van der Waals surface area contributed by atoms with Gasteiger partial charge in [0.1, 0.15) is 0 Å².